The predicted molar refractivity (Wildman–Crippen MR) is 80.8 cm³/mol. The van der Waals surface area contributed by atoms with Crippen LogP contribution in [0.4, 0.5) is 11.6 Å². The van der Waals surface area contributed by atoms with Crippen LogP contribution in [-0.4, -0.2) is 37.9 Å². The van der Waals surface area contributed by atoms with E-state index in [2.05, 4.69) is 20.4 Å². The summed E-state index contributed by atoms with van der Waals surface area (Å²) in [7, 11) is 1.46. The van der Waals surface area contributed by atoms with Gasteiger partial charge in [0.15, 0.2) is 5.54 Å². The third-order valence-electron chi connectivity index (χ3n) is 3.21. The van der Waals surface area contributed by atoms with Crippen molar-refractivity contribution >= 4 is 29.2 Å². The fraction of sp³-hybridized carbons (Fsp3) is 0.385. The summed E-state index contributed by atoms with van der Waals surface area (Å²) in [5, 5.41) is 16.7. The molecular formula is C13H16ClN5O3. The second kappa shape index (κ2) is 5.80. The lowest BCUT2D eigenvalue weighted by molar-refractivity contribution is -0.146. The number of nitrogens with one attached hydrogen (secondary N) is 1. The molecule has 2 aromatic heterocycles. The Hall–Kier alpha value is -2.35. The third-order valence-corrected chi connectivity index (χ3v) is 3.47. The van der Waals surface area contributed by atoms with Crippen LogP contribution in [0.2, 0.25) is 5.02 Å². The van der Waals surface area contributed by atoms with E-state index in [1.54, 1.807) is 20.8 Å². The number of carboxylic acids is 1. The normalized spacial score (nSPS) is 11.3. The molecule has 0 aliphatic carbocycles. The van der Waals surface area contributed by atoms with E-state index in [0.29, 0.717) is 16.4 Å². The van der Waals surface area contributed by atoms with Gasteiger partial charge in [0, 0.05) is 0 Å². The number of aromatic nitrogens is 4. The highest BCUT2D eigenvalue weighted by molar-refractivity contribution is 6.31. The van der Waals surface area contributed by atoms with E-state index < -0.39 is 11.5 Å². The number of aliphatic carboxylic acids is 1. The average molecular weight is 326 g/mol. The van der Waals surface area contributed by atoms with Crippen molar-refractivity contribution in [1.82, 2.24) is 19.7 Å². The molecule has 0 saturated carbocycles. The summed E-state index contributed by atoms with van der Waals surface area (Å²) in [6.07, 6.45) is 2.93. The van der Waals surface area contributed by atoms with E-state index in [9.17, 15) is 9.90 Å². The first-order chi connectivity index (χ1) is 10.3. The number of carbonyl (C=O) groups is 1. The number of anilines is 2. The molecule has 2 rings (SSSR count). The van der Waals surface area contributed by atoms with Gasteiger partial charge in [-0.15, -0.1) is 0 Å². The fourth-order valence-corrected chi connectivity index (χ4v) is 2.03. The molecule has 118 valence electrons. The molecule has 0 spiro atoms. The van der Waals surface area contributed by atoms with Crippen molar-refractivity contribution in [1.29, 1.82) is 0 Å². The van der Waals surface area contributed by atoms with Crippen molar-refractivity contribution in [2.75, 3.05) is 12.4 Å². The van der Waals surface area contributed by atoms with Gasteiger partial charge in [0.2, 0.25) is 11.8 Å². The van der Waals surface area contributed by atoms with E-state index >= 15 is 0 Å². The van der Waals surface area contributed by atoms with Gasteiger partial charge in [0.1, 0.15) is 5.02 Å². The summed E-state index contributed by atoms with van der Waals surface area (Å²) in [5.74, 6) is -0.457. The van der Waals surface area contributed by atoms with Gasteiger partial charge in [-0.25, -0.2) is 9.78 Å². The van der Waals surface area contributed by atoms with Gasteiger partial charge >= 0.3 is 5.97 Å². The van der Waals surface area contributed by atoms with Crippen LogP contribution in [0.3, 0.4) is 0 Å². The van der Waals surface area contributed by atoms with Crippen LogP contribution >= 0.6 is 11.6 Å². The van der Waals surface area contributed by atoms with E-state index in [1.165, 1.54) is 24.2 Å². The second-order valence-corrected chi connectivity index (χ2v) is 5.50. The summed E-state index contributed by atoms with van der Waals surface area (Å²) in [4.78, 5) is 19.5. The van der Waals surface area contributed by atoms with Crippen LogP contribution in [0, 0.1) is 6.92 Å². The van der Waals surface area contributed by atoms with Gasteiger partial charge in [-0.2, -0.15) is 10.1 Å². The Bertz CT molecular complexity index is 714. The lowest BCUT2D eigenvalue weighted by Gasteiger charge is -2.21. The first kappa shape index (κ1) is 16.0. The molecule has 0 saturated heterocycles. The predicted octanol–water partition coefficient (Wildman–Crippen LogP) is 2.21. The first-order valence-corrected chi connectivity index (χ1v) is 6.77. The number of hydrogen-bond donors (Lipinski definition) is 2. The summed E-state index contributed by atoms with van der Waals surface area (Å²) in [6.45, 7) is 4.90. The SMILES string of the molecule is COc1nc(Nc2cnn(C(C)(C)C(=O)O)c2C)ncc1Cl. The highest BCUT2D eigenvalue weighted by Crippen LogP contribution is 2.26. The Morgan fingerprint density at radius 1 is 1.45 bits per heavy atom. The maximum Gasteiger partial charge on any atom is 0.331 e. The molecule has 0 fully saturated rings. The number of carboxylic acid groups (broad SMARTS) is 1. The maximum atomic E-state index is 11.3. The zero-order valence-electron chi connectivity index (χ0n) is 12.6. The van der Waals surface area contributed by atoms with Gasteiger partial charge in [0.25, 0.3) is 0 Å². The molecule has 0 unspecified atom stereocenters. The quantitative estimate of drug-likeness (QED) is 0.868. The summed E-state index contributed by atoms with van der Waals surface area (Å²) in [5.41, 5.74) is 0.0753. The Kier molecular flexibility index (Phi) is 4.23. The van der Waals surface area contributed by atoms with Gasteiger partial charge in [-0.1, -0.05) is 11.6 Å². The number of rotatable bonds is 5. The van der Waals surface area contributed by atoms with Crippen LogP contribution in [-0.2, 0) is 10.3 Å². The number of nitrogens with zero attached hydrogens (tertiary/aromatic N) is 4. The smallest absolute Gasteiger partial charge is 0.331 e. The van der Waals surface area contributed by atoms with E-state index in [-0.39, 0.29) is 11.8 Å². The molecule has 0 aliphatic heterocycles. The molecule has 0 aromatic carbocycles. The van der Waals surface area contributed by atoms with Gasteiger partial charge in [-0.3, -0.25) is 4.68 Å². The molecule has 0 atom stereocenters. The molecule has 2 heterocycles. The number of methoxy groups -OCH3 is 1. The average Bonchev–Trinajstić information content (AvgIpc) is 2.82. The van der Waals surface area contributed by atoms with Crippen molar-refractivity contribution < 1.29 is 14.6 Å². The summed E-state index contributed by atoms with van der Waals surface area (Å²) in [6, 6.07) is 0. The first-order valence-electron chi connectivity index (χ1n) is 6.39. The van der Waals surface area contributed by atoms with Crippen molar-refractivity contribution in [3.8, 4) is 5.88 Å². The minimum absolute atomic E-state index is 0.245. The topological polar surface area (TPSA) is 102 Å². The minimum Gasteiger partial charge on any atom is -0.480 e. The van der Waals surface area contributed by atoms with Gasteiger partial charge in [-0.05, 0) is 20.8 Å². The van der Waals surface area contributed by atoms with E-state index in [0.717, 1.165) is 0 Å². The monoisotopic (exact) mass is 325 g/mol. The Morgan fingerprint density at radius 3 is 2.73 bits per heavy atom. The Balaban J connectivity index is 2.32. The highest BCUT2D eigenvalue weighted by atomic mass is 35.5. The van der Waals surface area contributed by atoms with Gasteiger partial charge in [0.05, 0.1) is 30.9 Å². The molecular weight excluding hydrogens is 310 g/mol. The molecule has 9 heteroatoms. The second-order valence-electron chi connectivity index (χ2n) is 5.10. The number of ether oxygens (including phenoxy) is 1. The van der Waals surface area contributed by atoms with Crippen LogP contribution in [0.1, 0.15) is 19.5 Å². The van der Waals surface area contributed by atoms with E-state index in [4.69, 9.17) is 16.3 Å². The lowest BCUT2D eigenvalue weighted by atomic mass is 10.1. The maximum absolute atomic E-state index is 11.3. The number of hydrogen-bond acceptors (Lipinski definition) is 6. The molecule has 8 nitrogen and oxygen atoms in total. The molecule has 0 radical (unpaired) electrons. The van der Waals surface area contributed by atoms with Crippen molar-refractivity contribution in [3.63, 3.8) is 0 Å². The Morgan fingerprint density at radius 2 is 2.14 bits per heavy atom. The molecule has 2 aromatic rings. The minimum atomic E-state index is -1.16. The fourth-order valence-electron chi connectivity index (χ4n) is 1.86. The van der Waals surface area contributed by atoms with Crippen LogP contribution in [0.5, 0.6) is 5.88 Å². The van der Waals surface area contributed by atoms with Crippen LogP contribution in [0.25, 0.3) is 0 Å². The van der Waals surface area contributed by atoms with E-state index in [1.807, 2.05) is 0 Å². The zero-order chi connectivity index (χ0) is 16.5. The standard InChI is InChI=1S/C13H16ClN5O3/c1-7-9(6-16-19(7)13(2,3)11(20)21)17-12-15-5-8(14)10(18-12)22-4/h5-6H,1-4H3,(H,20,21)(H,15,17,18). The van der Waals surface area contributed by atoms with Crippen molar-refractivity contribution in [2.45, 2.75) is 26.3 Å². The Labute approximate surface area is 132 Å². The van der Waals surface area contributed by atoms with Crippen LogP contribution in [0.15, 0.2) is 12.4 Å². The molecule has 0 amide bonds. The molecule has 2 N–H and O–H groups in total. The molecule has 0 aliphatic rings. The summed E-state index contributed by atoms with van der Waals surface area (Å²) < 4.78 is 6.44. The van der Waals surface area contributed by atoms with Crippen LogP contribution < -0.4 is 10.1 Å². The third kappa shape index (κ3) is 2.82. The summed E-state index contributed by atoms with van der Waals surface area (Å²) >= 11 is 5.87. The van der Waals surface area contributed by atoms with Crippen molar-refractivity contribution in [3.05, 3.63) is 23.1 Å². The molecule has 0 bridgehead atoms. The van der Waals surface area contributed by atoms with Crippen molar-refractivity contribution in [2.24, 2.45) is 0 Å². The lowest BCUT2D eigenvalue weighted by Crippen LogP contribution is -2.37. The zero-order valence-corrected chi connectivity index (χ0v) is 13.3. The number of halogens is 1. The largest absolute Gasteiger partial charge is 0.480 e. The molecule has 22 heavy (non-hydrogen) atoms. The highest BCUT2D eigenvalue weighted by Gasteiger charge is 2.32. The van der Waals surface area contributed by atoms with Gasteiger partial charge < -0.3 is 15.2 Å².